The van der Waals surface area contributed by atoms with Gasteiger partial charge < -0.3 is 20.4 Å². The SMILES string of the molecule is CC1(C)[C@@H]2C[C@H]3OB([C@H](CNC(=O)[C@@H](N)Cc4ccccc4)Cc4ccccc4)O[C@@]3(C)[C@H]1C2. The van der Waals surface area contributed by atoms with Crippen molar-refractivity contribution < 1.29 is 14.1 Å². The zero-order valence-corrected chi connectivity index (χ0v) is 20.6. The van der Waals surface area contributed by atoms with Crippen LogP contribution in [0.15, 0.2) is 60.7 Å². The molecule has 3 saturated carbocycles. The van der Waals surface area contributed by atoms with E-state index in [4.69, 9.17) is 15.0 Å². The molecule has 1 heterocycles. The standard InChI is InChI=1S/C28H37BN2O3/c1-27(2)21-16-24(27)28(3)25(17-21)33-29(34-28)22(14-19-10-6-4-7-11-19)18-31-26(32)23(30)15-20-12-8-5-9-13-20/h4-13,21-25H,14-18,30H2,1-3H3,(H,31,32)/t21-,22-,23-,24-,25+,28-/m0/s1. The first-order valence-corrected chi connectivity index (χ1v) is 12.7. The Bertz CT molecular complexity index is 1000. The summed E-state index contributed by atoms with van der Waals surface area (Å²) in [6.45, 7) is 7.47. The van der Waals surface area contributed by atoms with Crippen molar-refractivity contribution in [2.75, 3.05) is 6.54 Å². The summed E-state index contributed by atoms with van der Waals surface area (Å²) in [5.41, 5.74) is 8.56. The fraction of sp³-hybridized carbons (Fsp3) is 0.536. The second kappa shape index (κ2) is 9.14. The molecule has 4 aliphatic rings. The van der Waals surface area contributed by atoms with Gasteiger partial charge in [-0.1, -0.05) is 74.5 Å². The van der Waals surface area contributed by atoms with Crippen LogP contribution in [0, 0.1) is 17.3 Å². The minimum Gasteiger partial charge on any atom is -0.405 e. The molecule has 2 aromatic carbocycles. The van der Waals surface area contributed by atoms with E-state index in [-0.39, 0.29) is 30.5 Å². The second-order valence-electron chi connectivity index (χ2n) is 11.3. The molecule has 1 aliphatic heterocycles. The first-order valence-electron chi connectivity index (χ1n) is 12.7. The van der Waals surface area contributed by atoms with E-state index in [0.29, 0.717) is 30.2 Å². The van der Waals surface area contributed by atoms with Gasteiger partial charge in [-0.15, -0.1) is 0 Å². The van der Waals surface area contributed by atoms with E-state index >= 15 is 0 Å². The third-order valence-corrected chi connectivity index (χ3v) is 8.87. The number of amides is 1. The third-order valence-electron chi connectivity index (χ3n) is 8.87. The highest BCUT2D eigenvalue weighted by atomic mass is 16.7. The van der Waals surface area contributed by atoms with Crippen molar-refractivity contribution in [1.29, 1.82) is 0 Å². The van der Waals surface area contributed by atoms with Crippen molar-refractivity contribution in [3.05, 3.63) is 71.8 Å². The van der Waals surface area contributed by atoms with Gasteiger partial charge in [-0.05, 0) is 61.0 Å². The van der Waals surface area contributed by atoms with E-state index in [2.05, 4.69) is 50.4 Å². The molecule has 34 heavy (non-hydrogen) atoms. The van der Waals surface area contributed by atoms with Crippen molar-refractivity contribution in [2.24, 2.45) is 23.0 Å². The lowest BCUT2D eigenvalue weighted by Gasteiger charge is -2.64. The number of nitrogens with two attached hydrogens (primary N) is 1. The molecule has 1 saturated heterocycles. The predicted octanol–water partition coefficient (Wildman–Crippen LogP) is 4.01. The second-order valence-corrected chi connectivity index (χ2v) is 11.3. The molecule has 2 bridgehead atoms. The maximum Gasteiger partial charge on any atom is 0.463 e. The van der Waals surface area contributed by atoms with E-state index in [1.165, 1.54) is 12.0 Å². The number of nitrogens with one attached hydrogen (secondary N) is 1. The van der Waals surface area contributed by atoms with Crippen molar-refractivity contribution >= 4 is 13.0 Å². The molecule has 0 radical (unpaired) electrons. The fourth-order valence-electron chi connectivity index (χ4n) is 6.61. The summed E-state index contributed by atoms with van der Waals surface area (Å²) in [7, 11) is -0.337. The summed E-state index contributed by atoms with van der Waals surface area (Å²) in [4.78, 5) is 12.9. The summed E-state index contributed by atoms with van der Waals surface area (Å²) >= 11 is 0. The molecular weight excluding hydrogens is 423 g/mol. The van der Waals surface area contributed by atoms with Crippen molar-refractivity contribution in [3.63, 3.8) is 0 Å². The average molecular weight is 460 g/mol. The van der Waals surface area contributed by atoms with Gasteiger partial charge in [0.15, 0.2) is 0 Å². The summed E-state index contributed by atoms with van der Waals surface area (Å²) < 4.78 is 13.3. The maximum atomic E-state index is 12.9. The smallest absolute Gasteiger partial charge is 0.405 e. The van der Waals surface area contributed by atoms with E-state index in [1.54, 1.807) is 0 Å². The van der Waals surface area contributed by atoms with Gasteiger partial charge in [0.05, 0.1) is 17.7 Å². The minimum atomic E-state index is -0.585. The van der Waals surface area contributed by atoms with Crippen molar-refractivity contribution in [2.45, 2.75) is 70.0 Å². The monoisotopic (exact) mass is 460 g/mol. The number of hydrogen-bond acceptors (Lipinski definition) is 4. The fourth-order valence-corrected chi connectivity index (χ4v) is 6.61. The number of benzene rings is 2. The lowest BCUT2D eigenvalue weighted by atomic mass is 9.43. The Labute approximate surface area is 203 Å². The molecule has 3 N–H and O–H groups in total. The number of carbonyl (C=O) groups is 1. The van der Waals surface area contributed by atoms with Crippen LogP contribution in [0.5, 0.6) is 0 Å². The molecule has 5 nitrogen and oxygen atoms in total. The Balaban J connectivity index is 1.27. The largest absolute Gasteiger partial charge is 0.463 e. The Kier molecular flexibility index (Phi) is 6.34. The van der Waals surface area contributed by atoms with Crippen LogP contribution in [-0.4, -0.2) is 37.3 Å². The lowest BCUT2D eigenvalue weighted by molar-refractivity contribution is -0.199. The molecule has 1 amide bonds. The van der Waals surface area contributed by atoms with E-state index in [9.17, 15) is 4.79 Å². The highest BCUT2D eigenvalue weighted by Gasteiger charge is 2.68. The van der Waals surface area contributed by atoms with Gasteiger partial charge in [0.2, 0.25) is 5.91 Å². The zero-order valence-electron chi connectivity index (χ0n) is 20.6. The van der Waals surface area contributed by atoms with Crippen LogP contribution in [0.4, 0.5) is 0 Å². The van der Waals surface area contributed by atoms with Crippen LogP contribution in [0.25, 0.3) is 0 Å². The molecule has 6 heteroatoms. The summed E-state index contributed by atoms with van der Waals surface area (Å²) in [6.07, 6.45) is 3.71. The molecule has 0 aromatic heterocycles. The molecule has 0 unspecified atom stereocenters. The first kappa shape index (κ1) is 23.6. The van der Waals surface area contributed by atoms with Gasteiger partial charge in [0.25, 0.3) is 0 Å². The summed E-state index contributed by atoms with van der Waals surface area (Å²) in [5, 5.41) is 3.11. The Morgan fingerprint density at radius 1 is 1.03 bits per heavy atom. The van der Waals surface area contributed by atoms with E-state index < -0.39 is 6.04 Å². The number of rotatable bonds is 8. The molecule has 0 spiro atoms. The Morgan fingerprint density at radius 2 is 1.65 bits per heavy atom. The van der Waals surface area contributed by atoms with Crippen LogP contribution < -0.4 is 11.1 Å². The molecule has 4 fully saturated rings. The Hall–Kier alpha value is -2.15. The van der Waals surface area contributed by atoms with Gasteiger partial charge in [-0.25, -0.2) is 0 Å². The predicted molar refractivity (Wildman–Crippen MR) is 135 cm³/mol. The molecule has 2 aromatic rings. The maximum absolute atomic E-state index is 12.9. The van der Waals surface area contributed by atoms with Crippen molar-refractivity contribution in [3.8, 4) is 0 Å². The van der Waals surface area contributed by atoms with Crippen LogP contribution >= 0.6 is 0 Å². The topological polar surface area (TPSA) is 73.6 Å². The van der Waals surface area contributed by atoms with Crippen molar-refractivity contribution in [1.82, 2.24) is 5.32 Å². The van der Waals surface area contributed by atoms with Gasteiger partial charge in [-0.2, -0.15) is 0 Å². The van der Waals surface area contributed by atoms with Crippen LogP contribution in [0.3, 0.4) is 0 Å². The summed E-state index contributed by atoms with van der Waals surface area (Å²) in [6, 6.07) is 19.7. The molecule has 180 valence electrons. The number of hydrogen-bond donors (Lipinski definition) is 2. The highest BCUT2D eigenvalue weighted by molar-refractivity contribution is 6.47. The van der Waals surface area contributed by atoms with E-state index in [0.717, 1.165) is 18.4 Å². The van der Waals surface area contributed by atoms with Gasteiger partial charge in [0, 0.05) is 12.4 Å². The molecule has 6 rings (SSSR count). The van der Waals surface area contributed by atoms with Gasteiger partial charge in [0.1, 0.15) is 0 Å². The first-order chi connectivity index (χ1) is 16.3. The quantitative estimate of drug-likeness (QED) is 0.584. The minimum absolute atomic E-state index is 0.0120. The normalized spacial score (nSPS) is 30.7. The van der Waals surface area contributed by atoms with Gasteiger partial charge in [-0.3, -0.25) is 4.79 Å². The molecule has 6 atom stereocenters. The lowest BCUT2D eigenvalue weighted by Crippen LogP contribution is -2.65. The third kappa shape index (κ3) is 4.32. The number of carbonyl (C=O) groups excluding carboxylic acids is 1. The Morgan fingerprint density at radius 3 is 2.26 bits per heavy atom. The van der Waals surface area contributed by atoms with Crippen LogP contribution in [0.2, 0.25) is 5.82 Å². The zero-order chi connectivity index (χ0) is 23.9. The molecular formula is C28H37BN2O3. The van der Waals surface area contributed by atoms with Gasteiger partial charge >= 0.3 is 7.12 Å². The highest BCUT2D eigenvalue weighted by Crippen LogP contribution is 2.66. The summed E-state index contributed by atoms with van der Waals surface area (Å²) in [5.74, 6) is 1.10. The molecule has 3 aliphatic carbocycles. The van der Waals surface area contributed by atoms with E-state index in [1.807, 2.05) is 36.4 Å². The van der Waals surface area contributed by atoms with Crippen LogP contribution in [-0.2, 0) is 26.9 Å². The van der Waals surface area contributed by atoms with Crippen LogP contribution in [0.1, 0.15) is 44.7 Å². The average Bonchev–Trinajstić information content (AvgIpc) is 3.19.